The van der Waals surface area contributed by atoms with Gasteiger partial charge in [0, 0.05) is 11.3 Å². The van der Waals surface area contributed by atoms with Gasteiger partial charge in [-0.2, -0.15) is 13.2 Å². The van der Waals surface area contributed by atoms with Crippen LogP contribution in [-0.2, 0) is 10.9 Å². The Bertz CT molecular complexity index is 985. The molecule has 0 N–H and O–H groups in total. The number of alkyl halides is 3. The van der Waals surface area contributed by atoms with E-state index in [1.54, 1.807) is 31.2 Å². The third kappa shape index (κ3) is 4.46. The van der Waals surface area contributed by atoms with Crippen LogP contribution in [0.15, 0.2) is 54.6 Å². The lowest BCUT2D eigenvalue weighted by molar-refractivity contribution is -0.137. The first-order chi connectivity index (χ1) is 13.3. The van der Waals surface area contributed by atoms with Crippen LogP contribution < -0.4 is 4.74 Å². The van der Waals surface area contributed by atoms with Crippen molar-refractivity contribution in [2.45, 2.75) is 13.1 Å². The van der Waals surface area contributed by atoms with Crippen molar-refractivity contribution < 1.29 is 27.4 Å². The molecule has 1 aromatic heterocycles. The lowest BCUT2D eigenvalue weighted by Crippen LogP contribution is -2.07. The summed E-state index contributed by atoms with van der Waals surface area (Å²) in [6.07, 6.45) is -4.39. The number of esters is 1. The molecular formula is C20H15F3N2O3. The summed E-state index contributed by atoms with van der Waals surface area (Å²) in [6, 6.07) is 12.6. The SMILES string of the molecule is COC(=O)c1cc(C)nc(-c2ccc(Oc3ccc(C(F)(F)F)cc3)cc2)n1. The number of carbonyl (C=O) groups excluding carboxylic acids is 1. The molecule has 0 amide bonds. The van der Waals surface area contributed by atoms with Gasteiger partial charge >= 0.3 is 12.1 Å². The Morgan fingerprint density at radius 3 is 2.04 bits per heavy atom. The number of aromatic nitrogens is 2. The van der Waals surface area contributed by atoms with Gasteiger partial charge in [0.05, 0.1) is 12.7 Å². The summed E-state index contributed by atoms with van der Waals surface area (Å²) in [5.74, 6) is 0.500. The molecule has 3 aromatic rings. The van der Waals surface area contributed by atoms with Crippen molar-refractivity contribution in [3.05, 3.63) is 71.5 Å². The Morgan fingerprint density at radius 2 is 1.50 bits per heavy atom. The molecule has 0 spiro atoms. The second kappa shape index (κ2) is 7.67. The Kier molecular flexibility index (Phi) is 5.30. The first kappa shape index (κ1) is 19.3. The van der Waals surface area contributed by atoms with Crippen LogP contribution >= 0.6 is 0 Å². The molecule has 0 atom stereocenters. The number of ether oxygens (including phenoxy) is 2. The minimum Gasteiger partial charge on any atom is -0.464 e. The maximum absolute atomic E-state index is 12.6. The second-order valence-corrected chi connectivity index (χ2v) is 5.86. The number of benzene rings is 2. The van der Waals surface area contributed by atoms with Gasteiger partial charge in [-0.15, -0.1) is 0 Å². The third-order valence-electron chi connectivity index (χ3n) is 3.78. The summed E-state index contributed by atoms with van der Waals surface area (Å²) in [7, 11) is 1.27. The van der Waals surface area contributed by atoms with Gasteiger partial charge in [-0.25, -0.2) is 14.8 Å². The average molecular weight is 388 g/mol. The van der Waals surface area contributed by atoms with Gasteiger partial charge in [0.2, 0.25) is 0 Å². The van der Waals surface area contributed by atoms with Gasteiger partial charge < -0.3 is 9.47 Å². The van der Waals surface area contributed by atoms with E-state index in [0.29, 0.717) is 22.8 Å². The van der Waals surface area contributed by atoms with Crippen molar-refractivity contribution in [2.75, 3.05) is 7.11 Å². The van der Waals surface area contributed by atoms with Crippen LogP contribution in [0.3, 0.4) is 0 Å². The lowest BCUT2D eigenvalue weighted by atomic mass is 10.2. The van der Waals surface area contributed by atoms with Crippen molar-refractivity contribution in [2.24, 2.45) is 0 Å². The maximum atomic E-state index is 12.6. The summed E-state index contributed by atoms with van der Waals surface area (Å²) < 4.78 is 48.0. The smallest absolute Gasteiger partial charge is 0.416 e. The Hall–Kier alpha value is -3.42. The Morgan fingerprint density at radius 1 is 0.929 bits per heavy atom. The van der Waals surface area contributed by atoms with Crippen molar-refractivity contribution in [3.63, 3.8) is 0 Å². The standard InChI is InChI=1S/C20H15F3N2O3/c1-12-11-17(19(26)27-2)25-18(24-12)13-3-7-15(8-4-13)28-16-9-5-14(6-10-16)20(21,22)23/h3-11H,1-2H3. The van der Waals surface area contributed by atoms with E-state index < -0.39 is 17.7 Å². The highest BCUT2D eigenvalue weighted by Crippen LogP contribution is 2.31. The minimum absolute atomic E-state index is 0.148. The number of rotatable bonds is 4. The van der Waals surface area contributed by atoms with Crippen molar-refractivity contribution >= 4 is 5.97 Å². The third-order valence-corrected chi connectivity index (χ3v) is 3.78. The van der Waals surface area contributed by atoms with Gasteiger partial charge in [0.25, 0.3) is 0 Å². The van der Waals surface area contributed by atoms with Crippen molar-refractivity contribution in [1.82, 2.24) is 9.97 Å². The zero-order valence-corrected chi connectivity index (χ0v) is 14.9. The topological polar surface area (TPSA) is 61.3 Å². The van der Waals surface area contributed by atoms with Crippen molar-refractivity contribution in [1.29, 1.82) is 0 Å². The minimum atomic E-state index is -4.39. The zero-order chi connectivity index (χ0) is 20.3. The predicted molar refractivity (Wildman–Crippen MR) is 95.1 cm³/mol. The van der Waals surface area contributed by atoms with Crippen LogP contribution in [0, 0.1) is 6.92 Å². The molecule has 2 aromatic carbocycles. The number of aryl methyl sites for hydroxylation is 1. The molecule has 0 aliphatic carbocycles. The van der Waals surface area contributed by atoms with Gasteiger partial charge in [-0.1, -0.05) is 0 Å². The fraction of sp³-hybridized carbons (Fsp3) is 0.150. The van der Waals surface area contributed by atoms with Crippen LogP contribution in [-0.4, -0.2) is 23.0 Å². The molecule has 0 saturated carbocycles. The van der Waals surface area contributed by atoms with Gasteiger partial charge in [0.15, 0.2) is 11.5 Å². The molecule has 5 nitrogen and oxygen atoms in total. The summed E-state index contributed by atoms with van der Waals surface area (Å²) >= 11 is 0. The zero-order valence-electron chi connectivity index (χ0n) is 14.9. The number of hydrogen-bond acceptors (Lipinski definition) is 5. The Balaban J connectivity index is 1.79. The number of halogens is 3. The molecule has 0 unspecified atom stereocenters. The Labute approximate surface area is 158 Å². The van der Waals surface area contributed by atoms with E-state index in [0.717, 1.165) is 12.1 Å². The van der Waals surface area contributed by atoms with E-state index in [-0.39, 0.29) is 11.4 Å². The maximum Gasteiger partial charge on any atom is 0.416 e. The highest BCUT2D eigenvalue weighted by molar-refractivity contribution is 5.87. The van der Waals surface area contributed by atoms with Crippen LogP contribution in [0.2, 0.25) is 0 Å². The summed E-state index contributed by atoms with van der Waals surface area (Å²) in [5.41, 5.74) is 0.660. The molecule has 0 aliphatic rings. The highest BCUT2D eigenvalue weighted by atomic mass is 19.4. The van der Waals surface area contributed by atoms with E-state index in [4.69, 9.17) is 4.74 Å². The van der Waals surface area contributed by atoms with E-state index in [1.807, 2.05) is 0 Å². The molecule has 144 valence electrons. The van der Waals surface area contributed by atoms with Crippen LogP contribution in [0.1, 0.15) is 21.7 Å². The fourth-order valence-electron chi connectivity index (χ4n) is 2.43. The predicted octanol–water partition coefficient (Wildman–Crippen LogP) is 5.05. The highest BCUT2D eigenvalue weighted by Gasteiger charge is 2.30. The number of methoxy groups -OCH3 is 1. The average Bonchev–Trinajstić information content (AvgIpc) is 2.67. The quantitative estimate of drug-likeness (QED) is 0.586. The van der Waals surface area contributed by atoms with Crippen LogP contribution in [0.4, 0.5) is 13.2 Å². The van der Waals surface area contributed by atoms with E-state index in [1.165, 1.54) is 25.3 Å². The van der Waals surface area contributed by atoms with Gasteiger partial charge in [0.1, 0.15) is 11.5 Å². The van der Waals surface area contributed by atoms with E-state index >= 15 is 0 Å². The van der Waals surface area contributed by atoms with Crippen LogP contribution in [0.25, 0.3) is 11.4 Å². The van der Waals surface area contributed by atoms with Crippen molar-refractivity contribution in [3.8, 4) is 22.9 Å². The molecule has 0 aliphatic heterocycles. The number of nitrogens with zero attached hydrogens (tertiary/aromatic N) is 2. The summed E-state index contributed by atoms with van der Waals surface area (Å²) in [6.45, 7) is 1.74. The lowest BCUT2D eigenvalue weighted by Gasteiger charge is -2.09. The van der Waals surface area contributed by atoms with Crippen LogP contribution in [0.5, 0.6) is 11.5 Å². The van der Waals surface area contributed by atoms with E-state index in [2.05, 4.69) is 14.7 Å². The summed E-state index contributed by atoms with van der Waals surface area (Å²) in [4.78, 5) is 20.2. The normalized spacial score (nSPS) is 11.2. The summed E-state index contributed by atoms with van der Waals surface area (Å²) in [5, 5.41) is 0. The monoisotopic (exact) mass is 388 g/mol. The second-order valence-electron chi connectivity index (χ2n) is 5.86. The van der Waals surface area contributed by atoms with Gasteiger partial charge in [-0.3, -0.25) is 0 Å². The van der Waals surface area contributed by atoms with Gasteiger partial charge in [-0.05, 0) is 61.5 Å². The first-order valence-electron chi connectivity index (χ1n) is 8.16. The largest absolute Gasteiger partial charge is 0.464 e. The molecule has 8 heteroatoms. The molecule has 0 radical (unpaired) electrons. The number of carbonyl (C=O) groups is 1. The molecule has 3 rings (SSSR count). The molecule has 0 saturated heterocycles. The number of hydrogen-bond donors (Lipinski definition) is 0. The molecule has 1 heterocycles. The van der Waals surface area contributed by atoms with E-state index in [9.17, 15) is 18.0 Å². The molecule has 0 bridgehead atoms. The molecule has 28 heavy (non-hydrogen) atoms. The first-order valence-corrected chi connectivity index (χ1v) is 8.16. The molecular weight excluding hydrogens is 373 g/mol. The molecule has 0 fully saturated rings. The fourth-order valence-corrected chi connectivity index (χ4v) is 2.43.